The number of carbonyl (C=O) groups is 2. The Morgan fingerprint density at radius 2 is 2.12 bits per heavy atom. The molecule has 0 bridgehead atoms. The highest BCUT2D eigenvalue weighted by atomic mass is 16.6. The topological polar surface area (TPSA) is 96.5 Å². The number of H-pyrrole nitrogens is 1. The van der Waals surface area contributed by atoms with Crippen molar-refractivity contribution in [2.45, 2.75) is 37.1 Å². The Kier molecular flexibility index (Phi) is 4.05. The lowest BCUT2D eigenvalue weighted by Crippen LogP contribution is -2.50. The molecule has 0 radical (unpaired) electrons. The van der Waals surface area contributed by atoms with E-state index in [-0.39, 0.29) is 11.9 Å². The Labute approximate surface area is 184 Å². The second-order valence-electron chi connectivity index (χ2n) is 8.53. The zero-order chi connectivity index (χ0) is 21.9. The predicted molar refractivity (Wildman–Crippen MR) is 115 cm³/mol. The van der Waals surface area contributed by atoms with Crippen molar-refractivity contribution in [3.63, 3.8) is 0 Å². The van der Waals surface area contributed by atoms with Gasteiger partial charge in [0.05, 0.1) is 19.3 Å². The molecule has 1 saturated heterocycles. The van der Waals surface area contributed by atoms with Gasteiger partial charge in [0.1, 0.15) is 11.3 Å². The lowest BCUT2D eigenvalue weighted by molar-refractivity contribution is 0.000768. The number of methoxy groups -OCH3 is 1. The van der Waals surface area contributed by atoms with Gasteiger partial charge in [0.2, 0.25) is 0 Å². The van der Waals surface area contributed by atoms with Crippen LogP contribution in [0.2, 0.25) is 0 Å². The highest BCUT2D eigenvalue weighted by Crippen LogP contribution is 2.53. The van der Waals surface area contributed by atoms with E-state index >= 15 is 0 Å². The number of ether oxygens (including phenoxy) is 2. The Morgan fingerprint density at radius 3 is 2.94 bits per heavy atom. The van der Waals surface area contributed by atoms with Crippen LogP contribution in [0.4, 0.5) is 4.79 Å². The van der Waals surface area contributed by atoms with Gasteiger partial charge in [-0.15, -0.1) is 0 Å². The number of hydrogen-bond acceptors (Lipinski definition) is 5. The van der Waals surface area contributed by atoms with Crippen molar-refractivity contribution in [1.29, 1.82) is 0 Å². The maximum absolute atomic E-state index is 13.8. The summed E-state index contributed by atoms with van der Waals surface area (Å²) in [5, 5.41) is 9.76. The van der Waals surface area contributed by atoms with Gasteiger partial charge in [0.25, 0.3) is 5.91 Å². The second-order valence-corrected chi connectivity index (χ2v) is 8.53. The molecule has 2 fully saturated rings. The number of aromatic amines is 1. The van der Waals surface area contributed by atoms with Gasteiger partial charge in [-0.3, -0.25) is 9.89 Å². The number of amides is 2. The zero-order valence-electron chi connectivity index (χ0n) is 17.5. The molecule has 3 aromatic rings. The zero-order valence-corrected chi connectivity index (χ0v) is 17.5. The van der Waals surface area contributed by atoms with Crippen LogP contribution in [0.5, 0.6) is 5.75 Å². The average Bonchev–Trinajstić information content (AvgIpc) is 3.57. The number of nitrogens with one attached hydrogen (secondary N) is 2. The van der Waals surface area contributed by atoms with Gasteiger partial charge in [-0.25, -0.2) is 4.79 Å². The fourth-order valence-corrected chi connectivity index (χ4v) is 5.53. The van der Waals surface area contributed by atoms with Crippen LogP contribution in [-0.2, 0) is 16.8 Å². The van der Waals surface area contributed by atoms with E-state index in [0.29, 0.717) is 12.1 Å². The van der Waals surface area contributed by atoms with Crippen LogP contribution < -0.4 is 10.1 Å². The van der Waals surface area contributed by atoms with Crippen LogP contribution in [0.3, 0.4) is 0 Å². The average molecular weight is 430 g/mol. The first kappa shape index (κ1) is 18.9. The summed E-state index contributed by atoms with van der Waals surface area (Å²) in [6.45, 7) is 0.395. The minimum absolute atomic E-state index is 0.0586. The number of nitrogens with zero attached hydrogens (tertiary/aromatic N) is 2. The monoisotopic (exact) mass is 430 g/mol. The van der Waals surface area contributed by atoms with E-state index in [0.717, 1.165) is 40.8 Å². The summed E-state index contributed by atoms with van der Waals surface area (Å²) in [5.41, 5.74) is 3.66. The molecule has 3 unspecified atom stereocenters. The van der Waals surface area contributed by atoms with E-state index in [1.165, 1.54) is 0 Å². The quantitative estimate of drug-likeness (QED) is 0.663. The molecule has 8 nitrogen and oxygen atoms in total. The van der Waals surface area contributed by atoms with Crippen molar-refractivity contribution >= 4 is 12.0 Å². The van der Waals surface area contributed by atoms with E-state index in [9.17, 15) is 9.59 Å². The van der Waals surface area contributed by atoms with E-state index in [1.807, 2.05) is 47.4 Å². The predicted octanol–water partition coefficient (Wildman–Crippen LogP) is 3.21. The molecule has 1 aliphatic carbocycles. The summed E-state index contributed by atoms with van der Waals surface area (Å²) in [5.74, 6) is 0.679. The molecule has 2 N–H and O–H groups in total. The van der Waals surface area contributed by atoms with Crippen LogP contribution in [0, 0.1) is 0 Å². The lowest BCUT2D eigenvalue weighted by atomic mass is 9.84. The van der Waals surface area contributed by atoms with Crippen molar-refractivity contribution in [1.82, 2.24) is 20.4 Å². The normalized spacial score (nSPS) is 25.6. The van der Waals surface area contributed by atoms with Crippen molar-refractivity contribution in [3.8, 4) is 16.9 Å². The summed E-state index contributed by atoms with van der Waals surface area (Å²) >= 11 is 0. The number of fused-ring (bicyclic) bond motifs is 4. The molecule has 8 heteroatoms. The molecule has 162 valence electrons. The van der Waals surface area contributed by atoms with Gasteiger partial charge < -0.3 is 19.7 Å². The fraction of sp³-hybridized carbons (Fsp3) is 0.292. The molecule has 3 atom stereocenters. The first-order valence-electron chi connectivity index (χ1n) is 10.7. The van der Waals surface area contributed by atoms with Crippen molar-refractivity contribution in [2.24, 2.45) is 0 Å². The molecule has 2 aromatic carbocycles. The van der Waals surface area contributed by atoms with Crippen molar-refractivity contribution < 1.29 is 19.1 Å². The maximum Gasteiger partial charge on any atom is 0.407 e. The Morgan fingerprint density at radius 1 is 1.22 bits per heavy atom. The highest BCUT2D eigenvalue weighted by Gasteiger charge is 2.63. The number of carbonyl (C=O) groups excluding carboxylic acids is 2. The molecule has 3 heterocycles. The molecule has 1 spiro atoms. The van der Waals surface area contributed by atoms with Gasteiger partial charge in [0.15, 0.2) is 6.10 Å². The summed E-state index contributed by atoms with van der Waals surface area (Å²) in [7, 11) is 1.63. The standard InChI is InChI=1S/C24H22N4O4/c1-31-17-4-2-3-14(9-17)13-28-22(29)18-10-15(16-11-25-26-12-16)5-6-19(18)24(28)8-7-20-21(24)32-23(30)27-20/h2-6,9-12,20-21H,7-8,13H2,1H3,(H,25,26)(H,27,30). The third-order valence-electron chi connectivity index (χ3n) is 6.96. The number of benzene rings is 2. The van der Waals surface area contributed by atoms with E-state index in [1.54, 1.807) is 19.5 Å². The van der Waals surface area contributed by atoms with Gasteiger partial charge in [-0.05, 0) is 47.7 Å². The summed E-state index contributed by atoms with van der Waals surface area (Å²) in [6.07, 6.45) is 4.16. The van der Waals surface area contributed by atoms with Gasteiger partial charge in [-0.2, -0.15) is 5.10 Å². The second kappa shape index (κ2) is 6.85. The molecule has 32 heavy (non-hydrogen) atoms. The summed E-state index contributed by atoms with van der Waals surface area (Å²) < 4.78 is 11.1. The Hall–Kier alpha value is -3.81. The molecular formula is C24H22N4O4. The van der Waals surface area contributed by atoms with Crippen LogP contribution in [-0.4, -0.2) is 46.4 Å². The van der Waals surface area contributed by atoms with Gasteiger partial charge >= 0.3 is 6.09 Å². The number of alkyl carbamates (subject to hydrolysis) is 1. The molecule has 6 rings (SSSR count). The maximum atomic E-state index is 13.8. The first-order valence-corrected chi connectivity index (χ1v) is 10.7. The third-order valence-corrected chi connectivity index (χ3v) is 6.96. The summed E-state index contributed by atoms with van der Waals surface area (Å²) in [6, 6.07) is 13.5. The molecule has 3 aliphatic rings. The Balaban J connectivity index is 1.48. The summed E-state index contributed by atoms with van der Waals surface area (Å²) in [4.78, 5) is 27.8. The minimum Gasteiger partial charge on any atom is -0.497 e. The van der Waals surface area contributed by atoms with Crippen molar-refractivity contribution in [3.05, 3.63) is 71.5 Å². The molecular weight excluding hydrogens is 408 g/mol. The van der Waals surface area contributed by atoms with Crippen molar-refractivity contribution in [2.75, 3.05) is 7.11 Å². The SMILES string of the molecule is COc1cccc(CN2C(=O)c3cc(-c4cn[nH]c4)ccc3C23CCC2NC(=O)OC23)c1. The van der Waals surface area contributed by atoms with Crippen LogP contribution in [0.1, 0.15) is 34.3 Å². The molecule has 1 aromatic heterocycles. The first-order chi connectivity index (χ1) is 15.6. The smallest absolute Gasteiger partial charge is 0.407 e. The van der Waals surface area contributed by atoms with Gasteiger partial charge in [-0.1, -0.05) is 24.3 Å². The number of hydrogen-bond donors (Lipinski definition) is 2. The molecule has 1 saturated carbocycles. The number of aromatic nitrogens is 2. The van der Waals surface area contributed by atoms with E-state index in [4.69, 9.17) is 9.47 Å². The van der Waals surface area contributed by atoms with Gasteiger partial charge in [0, 0.05) is 23.9 Å². The third kappa shape index (κ3) is 2.58. The van der Waals surface area contributed by atoms with E-state index in [2.05, 4.69) is 15.5 Å². The lowest BCUT2D eigenvalue weighted by Gasteiger charge is -2.39. The molecule has 2 amide bonds. The number of rotatable bonds is 4. The van der Waals surface area contributed by atoms with Crippen LogP contribution in [0.15, 0.2) is 54.9 Å². The molecule has 2 aliphatic heterocycles. The van der Waals surface area contributed by atoms with Crippen LogP contribution >= 0.6 is 0 Å². The van der Waals surface area contributed by atoms with E-state index < -0.39 is 17.7 Å². The highest BCUT2D eigenvalue weighted by molar-refractivity contribution is 6.01. The van der Waals surface area contributed by atoms with Crippen LogP contribution in [0.25, 0.3) is 11.1 Å². The largest absolute Gasteiger partial charge is 0.497 e. The minimum atomic E-state index is -0.700. The fourth-order valence-electron chi connectivity index (χ4n) is 5.53. The Bertz CT molecular complexity index is 1220.